The smallest absolute Gasteiger partial charge is 0.269 e. The zero-order valence-corrected chi connectivity index (χ0v) is 16.8. The molecule has 9 heteroatoms. The molecule has 1 N–H and O–H groups in total. The number of carbonyl (C=O) groups is 1. The van der Waals surface area contributed by atoms with Crippen LogP contribution >= 0.6 is 11.3 Å². The van der Waals surface area contributed by atoms with Gasteiger partial charge in [0, 0.05) is 44.0 Å². The second-order valence-electron chi connectivity index (χ2n) is 6.95. The van der Waals surface area contributed by atoms with Crippen molar-refractivity contribution in [3.8, 4) is 11.5 Å². The number of rotatable bonds is 3. The first-order valence-corrected chi connectivity index (χ1v) is 10.5. The van der Waals surface area contributed by atoms with Crippen LogP contribution in [0.15, 0.2) is 59.1 Å². The number of anilines is 1. The summed E-state index contributed by atoms with van der Waals surface area (Å²) in [6.07, 6.45) is 5.22. The largest absolute Gasteiger partial charge is 0.367 e. The van der Waals surface area contributed by atoms with Crippen LogP contribution in [-0.4, -0.2) is 56.9 Å². The lowest BCUT2D eigenvalue weighted by Gasteiger charge is -2.35. The van der Waals surface area contributed by atoms with E-state index in [0.29, 0.717) is 40.4 Å². The van der Waals surface area contributed by atoms with Crippen LogP contribution in [0.4, 0.5) is 5.69 Å². The number of H-pyrrole nitrogens is 1. The van der Waals surface area contributed by atoms with Gasteiger partial charge >= 0.3 is 0 Å². The first-order chi connectivity index (χ1) is 14.7. The van der Waals surface area contributed by atoms with E-state index in [1.807, 2.05) is 29.3 Å². The van der Waals surface area contributed by atoms with Crippen molar-refractivity contribution in [2.45, 2.75) is 0 Å². The van der Waals surface area contributed by atoms with Gasteiger partial charge in [0.25, 0.3) is 11.5 Å². The number of amides is 1. The highest BCUT2D eigenvalue weighted by Crippen LogP contribution is 2.25. The molecule has 0 saturated carbocycles. The Bertz CT molecular complexity index is 1250. The minimum atomic E-state index is -0.258. The average Bonchev–Trinajstić information content (AvgIpc) is 3.24. The third kappa shape index (κ3) is 3.33. The minimum Gasteiger partial charge on any atom is -0.367 e. The van der Waals surface area contributed by atoms with Crippen LogP contribution in [0.2, 0.25) is 0 Å². The molecular weight excluding hydrogens is 400 g/mol. The number of fused-ring (bicyclic) bond motifs is 1. The number of thiophene rings is 1. The monoisotopic (exact) mass is 418 g/mol. The first kappa shape index (κ1) is 18.4. The molecule has 0 aliphatic carbocycles. The predicted octanol–water partition coefficient (Wildman–Crippen LogP) is 2.40. The van der Waals surface area contributed by atoms with Gasteiger partial charge in [0.1, 0.15) is 15.9 Å². The SMILES string of the molecule is O=C(c1csc2c(=O)[nH]c(-c3ccccn3)nc12)N1CCN(c2cccnc2)CC1. The maximum Gasteiger partial charge on any atom is 0.269 e. The van der Waals surface area contributed by atoms with Crippen molar-refractivity contribution in [1.29, 1.82) is 0 Å². The Hall–Kier alpha value is -3.59. The minimum absolute atomic E-state index is 0.0999. The molecule has 0 atom stereocenters. The van der Waals surface area contributed by atoms with Crippen molar-refractivity contribution in [1.82, 2.24) is 24.8 Å². The summed E-state index contributed by atoms with van der Waals surface area (Å²) < 4.78 is 0.451. The molecular formula is C21H18N6O2S. The molecule has 5 heterocycles. The van der Waals surface area contributed by atoms with E-state index < -0.39 is 0 Å². The maximum absolute atomic E-state index is 13.2. The van der Waals surface area contributed by atoms with E-state index >= 15 is 0 Å². The van der Waals surface area contributed by atoms with Crippen LogP contribution in [0.5, 0.6) is 0 Å². The zero-order chi connectivity index (χ0) is 20.5. The standard InChI is InChI=1S/C21H18N6O2S/c28-20-18-17(24-19(25-20)16-5-1-2-7-23-16)15(13-30-18)21(29)27-10-8-26(9-11-27)14-4-3-6-22-12-14/h1-7,12-13H,8-11H2,(H,24,25,28). The van der Waals surface area contributed by atoms with Gasteiger partial charge < -0.3 is 14.8 Å². The molecule has 4 aromatic heterocycles. The molecule has 1 aliphatic rings. The summed E-state index contributed by atoms with van der Waals surface area (Å²) in [7, 11) is 0. The van der Waals surface area contributed by atoms with Crippen molar-refractivity contribution >= 4 is 33.1 Å². The molecule has 1 amide bonds. The van der Waals surface area contributed by atoms with Crippen LogP contribution in [-0.2, 0) is 0 Å². The van der Waals surface area contributed by atoms with Gasteiger partial charge in [-0.15, -0.1) is 11.3 Å². The number of pyridine rings is 2. The van der Waals surface area contributed by atoms with E-state index in [2.05, 4.69) is 24.8 Å². The fraction of sp³-hybridized carbons (Fsp3) is 0.190. The topological polar surface area (TPSA) is 95.1 Å². The molecule has 0 bridgehead atoms. The van der Waals surface area contributed by atoms with Crippen LogP contribution in [0.1, 0.15) is 10.4 Å². The normalized spacial score (nSPS) is 14.3. The third-order valence-corrected chi connectivity index (χ3v) is 6.11. The second kappa shape index (κ2) is 7.68. The zero-order valence-electron chi connectivity index (χ0n) is 16.0. The number of hydrogen-bond donors (Lipinski definition) is 1. The highest BCUT2D eigenvalue weighted by Gasteiger charge is 2.26. The molecule has 0 unspecified atom stereocenters. The molecule has 1 fully saturated rings. The number of aromatic amines is 1. The van der Waals surface area contributed by atoms with E-state index in [1.165, 1.54) is 11.3 Å². The Morgan fingerprint density at radius 3 is 2.67 bits per heavy atom. The molecule has 0 radical (unpaired) electrons. The fourth-order valence-electron chi connectivity index (χ4n) is 3.58. The highest BCUT2D eigenvalue weighted by molar-refractivity contribution is 7.17. The molecule has 1 aliphatic heterocycles. The summed E-state index contributed by atoms with van der Waals surface area (Å²) in [4.78, 5) is 45.5. The molecule has 1 saturated heterocycles. The van der Waals surface area contributed by atoms with Crippen LogP contribution < -0.4 is 10.5 Å². The van der Waals surface area contributed by atoms with Gasteiger partial charge in [-0.05, 0) is 24.3 Å². The fourth-order valence-corrected chi connectivity index (χ4v) is 4.46. The van der Waals surface area contributed by atoms with E-state index in [9.17, 15) is 9.59 Å². The van der Waals surface area contributed by atoms with Crippen molar-refractivity contribution < 1.29 is 4.79 Å². The Morgan fingerprint density at radius 1 is 1.07 bits per heavy atom. The maximum atomic E-state index is 13.2. The number of carbonyl (C=O) groups excluding carboxylic acids is 1. The molecule has 8 nitrogen and oxygen atoms in total. The van der Waals surface area contributed by atoms with E-state index in [1.54, 1.807) is 29.9 Å². The molecule has 150 valence electrons. The molecule has 5 rings (SSSR count). The lowest BCUT2D eigenvalue weighted by atomic mass is 10.2. The summed E-state index contributed by atoms with van der Waals surface area (Å²) in [6.45, 7) is 2.65. The third-order valence-electron chi connectivity index (χ3n) is 5.14. The lowest BCUT2D eigenvalue weighted by Crippen LogP contribution is -2.48. The lowest BCUT2D eigenvalue weighted by molar-refractivity contribution is 0.0749. The first-order valence-electron chi connectivity index (χ1n) is 9.58. The van der Waals surface area contributed by atoms with Crippen molar-refractivity contribution in [3.05, 3.63) is 70.2 Å². The second-order valence-corrected chi connectivity index (χ2v) is 7.83. The Morgan fingerprint density at radius 2 is 1.93 bits per heavy atom. The van der Waals surface area contributed by atoms with Gasteiger partial charge in [-0.2, -0.15) is 0 Å². The Balaban J connectivity index is 1.42. The van der Waals surface area contributed by atoms with Gasteiger partial charge in [-0.1, -0.05) is 6.07 Å². The summed E-state index contributed by atoms with van der Waals surface area (Å²) in [5.74, 6) is 0.263. The summed E-state index contributed by atoms with van der Waals surface area (Å²) >= 11 is 1.24. The van der Waals surface area contributed by atoms with Crippen molar-refractivity contribution in [2.24, 2.45) is 0 Å². The number of nitrogens with one attached hydrogen (secondary N) is 1. The van der Waals surface area contributed by atoms with Gasteiger partial charge in [-0.25, -0.2) is 4.98 Å². The molecule has 30 heavy (non-hydrogen) atoms. The van der Waals surface area contributed by atoms with Crippen LogP contribution in [0, 0.1) is 0 Å². The Labute approximate surface area is 175 Å². The summed E-state index contributed by atoms with van der Waals surface area (Å²) in [5, 5.41) is 1.73. The van der Waals surface area contributed by atoms with Gasteiger partial charge in [0.15, 0.2) is 5.82 Å². The van der Waals surface area contributed by atoms with E-state index in [0.717, 1.165) is 18.8 Å². The number of hydrogen-bond acceptors (Lipinski definition) is 7. The van der Waals surface area contributed by atoms with E-state index in [4.69, 9.17) is 0 Å². The van der Waals surface area contributed by atoms with Crippen molar-refractivity contribution in [2.75, 3.05) is 31.1 Å². The van der Waals surface area contributed by atoms with Gasteiger partial charge in [0.2, 0.25) is 0 Å². The predicted molar refractivity (Wildman–Crippen MR) is 116 cm³/mol. The van der Waals surface area contributed by atoms with Gasteiger partial charge in [0.05, 0.1) is 17.4 Å². The number of aromatic nitrogens is 4. The number of nitrogens with zero attached hydrogens (tertiary/aromatic N) is 5. The molecule has 0 spiro atoms. The van der Waals surface area contributed by atoms with Crippen LogP contribution in [0.3, 0.4) is 0 Å². The summed E-state index contributed by atoms with van der Waals surface area (Å²) in [5.41, 5.74) is 2.26. The quantitative estimate of drug-likeness (QED) is 0.549. The highest BCUT2D eigenvalue weighted by atomic mass is 32.1. The Kier molecular flexibility index (Phi) is 4.72. The van der Waals surface area contributed by atoms with Crippen LogP contribution in [0.25, 0.3) is 21.7 Å². The summed E-state index contributed by atoms with van der Waals surface area (Å²) in [6, 6.07) is 9.33. The molecule has 0 aromatic carbocycles. The molecule has 4 aromatic rings. The van der Waals surface area contributed by atoms with Gasteiger partial charge in [-0.3, -0.25) is 19.6 Å². The van der Waals surface area contributed by atoms with E-state index in [-0.39, 0.29) is 11.5 Å². The average molecular weight is 418 g/mol. The number of piperazine rings is 1. The van der Waals surface area contributed by atoms with Crippen molar-refractivity contribution in [3.63, 3.8) is 0 Å².